The number of phenolic OH excluding ortho intramolecular Hbond substituents is 1. The summed E-state index contributed by atoms with van der Waals surface area (Å²) in [6.45, 7) is 2.50. The van der Waals surface area contributed by atoms with E-state index in [0.29, 0.717) is 0 Å². The Balaban J connectivity index is 2.37. The smallest absolute Gasteiger partial charge is 0.256 e. The Morgan fingerprint density at radius 1 is 1.21 bits per heavy atom. The number of benzene rings is 1. The van der Waals surface area contributed by atoms with Crippen LogP contribution in [0.3, 0.4) is 0 Å². The lowest BCUT2D eigenvalue weighted by Gasteiger charge is -2.27. The number of amides is 1. The minimum atomic E-state index is -1.63. The molecular weight excluding hydrogens is 318 g/mol. The molecule has 0 spiro atoms. The number of aliphatic hydroxyl groups excluding tert-OH is 1. The number of hydrogen-bond donors (Lipinski definition) is 4. The van der Waals surface area contributed by atoms with E-state index in [0.717, 1.165) is 19.1 Å². The zero-order chi connectivity index (χ0) is 18.0. The molecule has 3 rings (SSSR count). The second-order valence-electron chi connectivity index (χ2n) is 5.74. The Kier molecular flexibility index (Phi) is 2.99. The zero-order valence-electron chi connectivity index (χ0n) is 12.7. The topological polar surface area (TPSA) is 147 Å². The van der Waals surface area contributed by atoms with E-state index in [-0.39, 0.29) is 17.1 Å². The van der Waals surface area contributed by atoms with Gasteiger partial charge in [0.2, 0.25) is 0 Å². The number of aromatic hydroxyl groups is 2. The van der Waals surface area contributed by atoms with E-state index in [1.165, 1.54) is 6.92 Å². The quantitative estimate of drug-likeness (QED) is 0.583. The second kappa shape index (κ2) is 4.60. The van der Waals surface area contributed by atoms with Gasteiger partial charge in [0.25, 0.3) is 5.91 Å². The Morgan fingerprint density at radius 3 is 2.38 bits per heavy atom. The number of ketones is 2. The summed E-state index contributed by atoms with van der Waals surface area (Å²) in [5.41, 5.74) is 2.65. The maximum absolute atomic E-state index is 12.8. The monoisotopic (exact) mass is 331 g/mol. The minimum absolute atomic E-state index is 0.0894. The molecule has 1 amide bonds. The van der Waals surface area contributed by atoms with E-state index in [9.17, 15) is 29.7 Å². The lowest BCUT2D eigenvalue weighted by Crippen LogP contribution is -2.38. The fourth-order valence-electron chi connectivity index (χ4n) is 3.09. The molecule has 1 unspecified atom stereocenters. The summed E-state index contributed by atoms with van der Waals surface area (Å²) >= 11 is 0. The van der Waals surface area contributed by atoms with Gasteiger partial charge in [-0.3, -0.25) is 14.4 Å². The fourth-order valence-corrected chi connectivity index (χ4v) is 3.09. The summed E-state index contributed by atoms with van der Waals surface area (Å²) in [5, 5.41) is 30.0. The van der Waals surface area contributed by atoms with E-state index in [2.05, 4.69) is 0 Å². The van der Waals surface area contributed by atoms with Gasteiger partial charge in [-0.05, 0) is 13.8 Å². The first-order valence-corrected chi connectivity index (χ1v) is 6.88. The number of Topliss-reactive ketones (excluding diaryl/α,β-unsaturated/α-hetero) is 2. The van der Waals surface area contributed by atoms with Crippen molar-refractivity contribution >= 4 is 17.5 Å². The molecule has 8 heteroatoms. The molecule has 1 heterocycles. The maximum Gasteiger partial charge on any atom is 0.256 e. The predicted molar refractivity (Wildman–Crippen MR) is 79.7 cm³/mol. The first-order valence-electron chi connectivity index (χ1n) is 6.88. The average Bonchev–Trinajstić information content (AvgIpc) is 2.72. The van der Waals surface area contributed by atoms with Crippen molar-refractivity contribution in [2.45, 2.75) is 19.3 Å². The highest BCUT2D eigenvalue weighted by Crippen LogP contribution is 2.56. The Labute approximate surface area is 135 Å². The standard InChI is InChI=1S/C16H13NO7/c1-5(18)10-7(20)4-9-16(2,14(10)22)12-8(21)3-6(19)11(15(17)23)13(12)24-9/h3-4,19-21H,1-2H3,(H2,17,23). The van der Waals surface area contributed by atoms with Crippen molar-refractivity contribution < 1.29 is 34.4 Å². The van der Waals surface area contributed by atoms with Crippen LogP contribution in [0.1, 0.15) is 29.8 Å². The van der Waals surface area contributed by atoms with Crippen LogP contribution >= 0.6 is 0 Å². The molecule has 1 aliphatic heterocycles. The maximum atomic E-state index is 12.8. The normalized spacial score (nSPS) is 21.8. The highest BCUT2D eigenvalue weighted by atomic mass is 16.5. The molecule has 1 aromatic rings. The van der Waals surface area contributed by atoms with Gasteiger partial charge in [0.15, 0.2) is 17.3 Å². The summed E-state index contributed by atoms with van der Waals surface area (Å²) in [7, 11) is 0. The van der Waals surface area contributed by atoms with Crippen molar-refractivity contribution in [1.82, 2.24) is 0 Å². The zero-order valence-corrected chi connectivity index (χ0v) is 12.7. The number of ether oxygens (including phenoxy) is 1. The number of carbonyl (C=O) groups excluding carboxylic acids is 3. The van der Waals surface area contributed by atoms with E-state index in [4.69, 9.17) is 10.5 Å². The Bertz CT molecular complexity index is 909. The molecule has 124 valence electrons. The van der Waals surface area contributed by atoms with Gasteiger partial charge >= 0.3 is 0 Å². The van der Waals surface area contributed by atoms with Crippen LogP contribution in [-0.4, -0.2) is 32.8 Å². The van der Waals surface area contributed by atoms with Crippen molar-refractivity contribution in [3.8, 4) is 17.2 Å². The Hall–Kier alpha value is -3.29. The highest BCUT2D eigenvalue weighted by Gasteiger charge is 2.55. The molecule has 5 N–H and O–H groups in total. The van der Waals surface area contributed by atoms with Crippen LogP contribution < -0.4 is 10.5 Å². The van der Waals surface area contributed by atoms with Crippen LogP contribution in [0.15, 0.2) is 29.2 Å². The van der Waals surface area contributed by atoms with Gasteiger partial charge in [0.05, 0.1) is 5.56 Å². The van der Waals surface area contributed by atoms with Gasteiger partial charge < -0.3 is 25.8 Å². The average molecular weight is 331 g/mol. The predicted octanol–water partition coefficient (Wildman–Crippen LogP) is 0.714. The SMILES string of the molecule is CC(=O)C1=C(O)C=C2Oc3c(C(N)=O)c(O)cc(O)c3C2(C)C1=O. The number of hydrogen-bond acceptors (Lipinski definition) is 7. The van der Waals surface area contributed by atoms with E-state index < -0.39 is 51.3 Å². The molecule has 0 radical (unpaired) electrons. The van der Waals surface area contributed by atoms with Gasteiger partial charge in [0.1, 0.15) is 39.6 Å². The third kappa shape index (κ3) is 1.70. The van der Waals surface area contributed by atoms with Crippen LogP contribution in [0.2, 0.25) is 0 Å². The number of rotatable bonds is 2. The molecule has 2 aliphatic rings. The Morgan fingerprint density at radius 2 is 1.83 bits per heavy atom. The number of phenols is 2. The molecule has 8 nitrogen and oxygen atoms in total. The van der Waals surface area contributed by atoms with Crippen molar-refractivity contribution in [1.29, 1.82) is 0 Å². The van der Waals surface area contributed by atoms with Crippen molar-refractivity contribution in [3.05, 3.63) is 40.4 Å². The molecule has 24 heavy (non-hydrogen) atoms. The third-order valence-electron chi connectivity index (χ3n) is 4.25. The van der Waals surface area contributed by atoms with Crippen LogP contribution in [0, 0.1) is 0 Å². The van der Waals surface area contributed by atoms with Crippen LogP contribution in [0.4, 0.5) is 0 Å². The number of aliphatic hydroxyl groups is 1. The molecule has 0 aromatic heterocycles. The van der Waals surface area contributed by atoms with Gasteiger partial charge in [-0.15, -0.1) is 0 Å². The molecule has 0 saturated heterocycles. The van der Waals surface area contributed by atoms with Crippen molar-refractivity contribution in [2.24, 2.45) is 5.73 Å². The largest absolute Gasteiger partial charge is 0.507 e. The number of fused-ring (bicyclic) bond motifs is 3. The summed E-state index contributed by atoms with van der Waals surface area (Å²) in [6, 6.07) is 0.870. The molecule has 1 aromatic carbocycles. The van der Waals surface area contributed by atoms with E-state index in [1.807, 2.05) is 0 Å². The summed E-state index contributed by atoms with van der Waals surface area (Å²) in [5.74, 6) is -4.53. The molecule has 1 atom stereocenters. The summed E-state index contributed by atoms with van der Waals surface area (Å²) in [4.78, 5) is 36.1. The lowest BCUT2D eigenvalue weighted by atomic mass is 9.71. The third-order valence-corrected chi connectivity index (χ3v) is 4.25. The van der Waals surface area contributed by atoms with E-state index in [1.54, 1.807) is 0 Å². The lowest BCUT2D eigenvalue weighted by molar-refractivity contribution is -0.123. The number of nitrogens with two attached hydrogens (primary N) is 1. The molecule has 0 bridgehead atoms. The van der Waals surface area contributed by atoms with Crippen LogP contribution in [0.25, 0.3) is 0 Å². The summed E-state index contributed by atoms with van der Waals surface area (Å²) < 4.78 is 5.45. The van der Waals surface area contributed by atoms with Crippen molar-refractivity contribution in [3.63, 3.8) is 0 Å². The van der Waals surface area contributed by atoms with Gasteiger partial charge in [0, 0.05) is 12.1 Å². The first-order chi connectivity index (χ1) is 11.1. The fraction of sp³-hybridized carbons (Fsp3) is 0.188. The van der Waals surface area contributed by atoms with Crippen LogP contribution in [-0.2, 0) is 15.0 Å². The van der Waals surface area contributed by atoms with Gasteiger partial charge in [-0.1, -0.05) is 0 Å². The minimum Gasteiger partial charge on any atom is -0.507 e. The first kappa shape index (κ1) is 15.6. The number of primary amides is 1. The second-order valence-corrected chi connectivity index (χ2v) is 5.74. The van der Waals surface area contributed by atoms with E-state index >= 15 is 0 Å². The van der Waals surface area contributed by atoms with Crippen molar-refractivity contribution in [2.75, 3.05) is 0 Å². The molecular formula is C16H13NO7. The van der Waals surface area contributed by atoms with Crippen LogP contribution in [0.5, 0.6) is 17.2 Å². The molecule has 1 aliphatic carbocycles. The van der Waals surface area contributed by atoms with Gasteiger partial charge in [-0.2, -0.15) is 0 Å². The molecule has 0 fully saturated rings. The number of carbonyl (C=O) groups is 3. The van der Waals surface area contributed by atoms with Gasteiger partial charge in [-0.25, -0.2) is 0 Å². The highest BCUT2D eigenvalue weighted by molar-refractivity contribution is 6.25. The molecule has 0 saturated carbocycles. The summed E-state index contributed by atoms with van der Waals surface area (Å²) in [6.07, 6.45) is 1.07. The number of allylic oxidation sites excluding steroid dienone is 3.